The van der Waals surface area contributed by atoms with Crippen molar-refractivity contribution in [1.29, 1.82) is 0 Å². The Morgan fingerprint density at radius 3 is 2.27 bits per heavy atom. The largest absolute Gasteiger partial charge is 0.497 e. The van der Waals surface area contributed by atoms with Gasteiger partial charge < -0.3 is 14.8 Å². The Morgan fingerprint density at radius 2 is 1.62 bits per heavy atom. The van der Waals surface area contributed by atoms with Crippen molar-refractivity contribution < 1.29 is 14.3 Å². The SMILES string of the molecule is COc1ccc([C@H]2C(C(=O)Nc3ccccc3)=C(C)N=c3s/c(=C/c4cc(I)c(OCc5ccccc5)c(I)c4)c(=O)n32)cc1. The van der Waals surface area contributed by atoms with Gasteiger partial charge in [-0.05, 0) is 111 Å². The summed E-state index contributed by atoms with van der Waals surface area (Å²) >= 11 is 5.85. The number of hydrogen-bond donors (Lipinski definition) is 1. The quantitative estimate of drug-likeness (QED) is 0.177. The fourth-order valence-electron chi connectivity index (χ4n) is 5.12. The topological polar surface area (TPSA) is 81.9 Å². The predicted molar refractivity (Wildman–Crippen MR) is 194 cm³/mol. The predicted octanol–water partition coefficient (Wildman–Crippen LogP) is 6.67. The molecule has 7 nitrogen and oxygen atoms in total. The molecule has 10 heteroatoms. The van der Waals surface area contributed by atoms with Crippen molar-refractivity contribution >= 4 is 74.2 Å². The summed E-state index contributed by atoms with van der Waals surface area (Å²) in [6, 6.07) is 30.1. The smallest absolute Gasteiger partial charge is 0.271 e. The van der Waals surface area contributed by atoms with E-state index in [9.17, 15) is 9.59 Å². The molecule has 4 aromatic carbocycles. The van der Waals surface area contributed by atoms with E-state index in [-0.39, 0.29) is 11.5 Å². The van der Waals surface area contributed by atoms with E-state index in [0.717, 1.165) is 29.6 Å². The van der Waals surface area contributed by atoms with Gasteiger partial charge in [0.05, 0.1) is 36.1 Å². The number of para-hydroxylation sites is 1. The molecule has 0 saturated carbocycles. The van der Waals surface area contributed by atoms with Crippen molar-refractivity contribution in [2.75, 3.05) is 12.4 Å². The van der Waals surface area contributed by atoms with Gasteiger partial charge in [0.1, 0.15) is 18.1 Å². The maximum absolute atomic E-state index is 14.1. The number of hydrogen-bond acceptors (Lipinski definition) is 6. The van der Waals surface area contributed by atoms with Gasteiger partial charge in [-0.3, -0.25) is 14.2 Å². The lowest BCUT2D eigenvalue weighted by Gasteiger charge is -2.25. The van der Waals surface area contributed by atoms with Gasteiger partial charge in [-0.25, -0.2) is 4.99 Å². The van der Waals surface area contributed by atoms with Gasteiger partial charge in [0.25, 0.3) is 11.5 Å². The monoisotopic (exact) mass is 839 g/mol. The van der Waals surface area contributed by atoms with Crippen molar-refractivity contribution in [3.8, 4) is 11.5 Å². The van der Waals surface area contributed by atoms with Crippen molar-refractivity contribution in [2.24, 2.45) is 4.99 Å². The van der Waals surface area contributed by atoms with Crippen LogP contribution in [-0.2, 0) is 11.4 Å². The van der Waals surface area contributed by atoms with Gasteiger partial charge in [0.2, 0.25) is 0 Å². The standard InChI is InChI=1S/C35H27I2N3O4S/c1-21-30(33(41)39-25-11-7-4-8-12-25)31(24-13-15-26(43-2)16-14-24)40-34(42)29(45-35(40)38-21)19-23-17-27(36)32(28(37)18-23)44-20-22-9-5-3-6-10-22/h3-19,31H,20H2,1-2H3,(H,39,41)/b29-19+/t31-/m0/s1. The second-order valence-corrected chi connectivity index (χ2v) is 13.6. The molecule has 0 unspecified atom stereocenters. The van der Waals surface area contributed by atoms with Crippen molar-refractivity contribution in [1.82, 2.24) is 4.57 Å². The van der Waals surface area contributed by atoms with Crippen LogP contribution in [0.1, 0.15) is 29.7 Å². The summed E-state index contributed by atoms with van der Waals surface area (Å²) in [5, 5.41) is 2.98. The van der Waals surface area contributed by atoms with E-state index in [2.05, 4.69) is 50.5 Å². The number of nitrogens with zero attached hydrogens (tertiary/aromatic N) is 2. The first-order chi connectivity index (χ1) is 21.8. The molecule has 6 rings (SSSR count). The molecule has 0 aliphatic carbocycles. The lowest BCUT2D eigenvalue weighted by atomic mass is 9.95. The van der Waals surface area contributed by atoms with E-state index >= 15 is 0 Å². The molecule has 0 saturated heterocycles. The average molecular weight is 839 g/mol. The lowest BCUT2D eigenvalue weighted by molar-refractivity contribution is -0.113. The molecule has 0 bridgehead atoms. The minimum absolute atomic E-state index is 0.216. The first-order valence-electron chi connectivity index (χ1n) is 14.0. The van der Waals surface area contributed by atoms with E-state index in [1.165, 1.54) is 11.3 Å². The number of aromatic nitrogens is 1. The van der Waals surface area contributed by atoms with Crippen molar-refractivity contribution in [2.45, 2.75) is 19.6 Å². The molecule has 45 heavy (non-hydrogen) atoms. The lowest BCUT2D eigenvalue weighted by Crippen LogP contribution is -2.40. The molecule has 5 aromatic rings. The molecule has 1 amide bonds. The first kappa shape index (κ1) is 31.2. The van der Waals surface area contributed by atoms with Crippen molar-refractivity contribution in [3.05, 3.63) is 152 Å². The Hall–Kier alpha value is -3.75. The number of carbonyl (C=O) groups is 1. The number of halogens is 2. The molecule has 0 fully saturated rings. The highest BCUT2D eigenvalue weighted by molar-refractivity contribution is 14.1. The number of ether oxygens (including phenoxy) is 2. The third-order valence-electron chi connectivity index (χ3n) is 7.27. The van der Waals surface area contributed by atoms with Gasteiger partial charge in [-0.15, -0.1) is 0 Å². The number of anilines is 1. The minimum Gasteiger partial charge on any atom is -0.497 e. The van der Waals surface area contributed by atoms with Crippen LogP contribution in [0.15, 0.2) is 118 Å². The van der Waals surface area contributed by atoms with Crippen LogP contribution in [0.2, 0.25) is 0 Å². The number of nitrogens with one attached hydrogen (secondary N) is 1. The zero-order chi connectivity index (χ0) is 31.5. The maximum atomic E-state index is 14.1. The molecule has 0 spiro atoms. The van der Waals surface area contributed by atoms with Gasteiger partial charge in [-0.1, -0.05) is 72.0 Å². The highest BCUT2D eigenvalue weighted by Gasteiger charge is 2.32. The van der Waals surface area contributed by atoms with Crippen LogP contribution < -0.4 is 29.7 Å². The molecule has 1 aliphatic heterocycles. The summed E-state index contributed by atoms with van der Waals surface area (Å²) < 4.78 is 15.6. The maximum Gasteiger partial charge on any atom is 0.271 e. The Bertz CT molecular complexity index is 2070. The second kappa shape index (κ2) is 13.7. The highest BCUT2D eigenvalue weighted by Crippen LogP contribution is 2.32. The number of carbonyl (C=O) groups excluding carboxylic acids is 1. The highest BCUT2D eigenvalue weighted by atomic mass is 127. The number of methoxy groups -OCH3 is 1. The van der Waals surface area contributed by atoms with Crippen LogP contribution in [0.4, 0.5) is 5.69 Å². The van der Waals surface area contributed by atoms with Gasteiger partial charge in [0, 0.05) is 5.69 Å². The van der Waals surface area contributed by atoms with Gasteiger partial charge in [0.15, 0.2) is 4.80 Å². The van der Waals surface area contributed by atoms with Gasteiger partial charge >= 0.3 is 0 Å². The molecular weight excluding hydrogens is 812 g/mol. The summed E-state index contributed by atoms with van der Waals surface area (Å²) in [6.07, 6.45) is 1.88. The van der Waals surface area contributed by atoms with E-state index in [4.69, 9.17) is 14.5 Å². The number of fused-ring (bicyclic) bond motifs is 1. The van der Waals surface area contributed by atoms with Crippen LogP contribution in [0, 0.1) is 7.14 Å². The first-order valence-corrected chi connectivity index (χ1v) is 17.0. The fourth-order valence-corrected chi connectivity index (χ4v) is 8.29. The van der Waals surface area contributed by atoms with Crippen LogP contribution in [0.5, 0.6) is 11.5 Å². The average Bonchev–Trinajstić information content (AvgIpc) is 3.34. The number of amides is 1. The third-order valence-corrected chi connectivity index (χ3v) is 9.86. The number of allylic oxidation sites excluding steroid dienone is 1. The summed E-state index contributed by atoms with van der Waals surface area (Å²) in [5.41, 5.74) is 4.15. The summed E-state index contributed by atoms with van der Waals surface area (Å²) in [6.45, 7) is 2.28. The van der Waals surface area contributed by atoms with E-state index in [1.54, 1.807) is 11.7 Å². The third kappa shape index (κ3) is 6.77. The summed E-state index contributed by atoms with van der Waals surface area (Å²) in [4.78, 5) is 33.2. The fraction of sp³-hybridized carbons (Fsp3) is 0.114. The Labute approximate surface area is 291 Å². The molecule has 1 atom stereocenters. The van der Waals surface area contributed by atoms with Crippen LogP contribution in [-0.4, -0.2) is 17.6 Å². The zero-order valence-corrected chi connectivity index (χ0v) is 29.4. The Kier molecular flexibility index (Phi) is 9.52. The minimum atomic E-state index is -0.674. The van der Waals surface area contributed by atoms with E-state index in [1.807, 2.05) is 110 Å². The number of benzene rings is 4. The summed E-state index contributed by atoms with van der Waals surface area (Å²) in [5.74, 6) is 1.18. The molecule has 1 aliphatic rings. The van der Waals surface area contributed by atoms with Crippen molar-refractivity contribution in [3.63, 3.8) is 0 Å². The normalized spacial score (nSPS) is 14.5. The summed E-state index contributed by atoms with van der Waals surface area (Å²) in [7, 11) is 1.60. The second-order valence-electron chi connectivity index (χ2n) is 10.3. The molecular formula is C35H27I2N3O4S. The Balaban J connectivity index is 1.40. The van der Waals surface area contributed by atoms with Gasteiger partial charge in [-0.2, -0.15) is 0 Å². The zero-order valence-electron chi connectivity index (χ0n) is 24.3. The van der Waals surface area contributed by atoms with Crippen LogP contribution in [0.25, 0.3) is 6.08 Å². The Morgan fingerprint density at radius 1 is 0.978 bits per heavy atom. The molecule has 2 heterocycles. The molecule has 226 valence electrons. The molecule has 1 N–H and O–H groups in total. The number of thiazole rings is 1. The molecule has 0 radical (unpaired) electrons. The molecule has 1 aromatic heterocycles. The number of rotatable bonds is 8. The van der Waals surface area contributed by atoms with E-state index < -0.39 is 6.04 Å². The van der Waals surface area contributed by atoms with Crippen LogP contribution >= 0.6 is 56.5 Å². The van der Waals surface area contributed by atoms with E-state index in [0.29, 0.717) is 38.6 Å². The van der Waals surface area contributed by atoms with Crippen LogP contribution in [0.3, 0.4) is 0 Å².